The van der Waals surface area contributed by atoms with Gasteiger partial charge in [-0.05, 0) is 54.8 Å². The van der Waals surface area contributed by atoms with Gasteiger partial charge in [0.25, 0.3) is 0 Å². The van der Waals surface area contributed by atoms with Gasteiger partial charge < -0.3 is 15.6 Å². The number of pyridine rings is 2. The Bertz CT molecular complexity index is 868. The Hall–Kier alpha value is -2.73. The van der Waals surface area contributed by atoms with E-state index in [-0.39, 0.29) is 11.9 Å². The summed E-state index contributed by atoms with van der Waals surface area (Å²) in [4.78, 5) is 23.9. The van der Waals surface area contributed by atoms with E-state index < -0.39 is 0 Å². The number of nitrogens with one attached hydrogen (secondary N) is 3. The molecule has 1 atom stereocenters. The van der Waals surface area contributed by atoms with E-state index >= 15 is 0 Å². The van der Waals surface area contributed by atoms with Crippen molar-refractivity contribution in [2.45, 2.75) is 25.3 Å². The third kappa shape index (κ3) is 3.39. The summed E-state index contributed by atoms with van der Waals surface area (Å²) in [6.07, 6.45) is 8.15. The van der Waals surface area contributed by atoms with E-state index in [1.165, 1.54) is 0 Å². The van der Waals surface area contributed by atoms with Crippen molar-refractivity contribution in [3.05, 3.63) is 48.5 Å². The van der Waals surface area contributed by atoms with E-state index in [0.29, 0.717) is 6.54 Å². The third-order valence-corrected chi connectivity index (χ3v) is 4.65. The zero-order valence-corrected chi connectivity index (χ0v) is 14.0. The van der Waals surface area contributed by atoms with Crippen LogP contribution in [-0.4, -0.2) is 40.0 Å². The van der Waals surface area contributed by atoms with Crippen molar-refractivity contribution >= 4 is 16.9 Å². The maximum absolute atomic E-state index is 12.0. The lowest BCUT2D eigenvalue weighted by Crippen LogP contribution is -2.41. The highest BCUT2D eigenvalue weighted by Gasteiger charge is 2.21. The molecule has 3 aromatic rings. The van der Waals surface area contributed by atoms with Crippen LogP contribution >= 0.6 is 0 Å². The first-order valence-corrected chi connectivity index (χ1v) is 8.69. The number of aromatic nitrogens is 3. The molecule has 0 saturated carbocycles. The number of rotatable bonds is 5. The van der Waals surface area contributed by atoms with Crippen LogP contribution in [0.1, 0.15) is 18.5 Å². The SMILES string of the molecule is O=C(NCCc1cc2c(-c3ccncc3)ccnc2[nH]1)C1CCCN1. The first kappa shape index (κ1) is 15.8. The summed E-state index contributed by atoms with van der Waals surface area (Å²) in [5, 5.41) is 7.32. The molecular weight excluding hydrogens is 314 g/mol. The fourth-order valence-electron chi connectivity index (χ4n) is 3.35. The number of amides is 1. The molecule has 3 aromatic heterocycles. The number of carbonyl (C=O) groups is 1. The molecule has 1 unspecified atom stereocenters. The predicted octanol–water partition coefficient (Wildman–Crippen LogP) is 2.04. The summed E-state index contributed by atoms with van der Waals surface area (Å²) < 4.78 is 0. The summed E-state index contributed by atoms with van der Waals surface area (Å²) in [6.45, 7) is 1.55. The molecule has 4 heterocycles. The zero-order chi connectivity index (χ0) is 17.1. The van der Waals surface area contributed by atoms with Gasteiger partial charge in [-0.1, -0.05) is 0 Å². The highest BCUT2D eigenvalue weighted by molar-refractivity contribution is 5.93. The van der Waals surface area contributed by atoms with Gasteiger partial charge in [0.05, 0.1) is 6.04 Å². The third-order valence-electron chi connectivity index (χ3n) is 4.65. The maximum Gasteiger partial charge on any atom is 0.237 e. The average molecular weight is 335 g/mol. The number of H-pyrrole nitrogens is 1. The number of hydrogen-bond acceptors (Lipinski definition) is 4. The second-order valence-corrected chi connectivity index (χ2v) is 6.34. The standard InChI is InChI=1S/C19H21N5O/c25-19(17-2-1-7-21-17)23-10-5-14-12-16-15(6-11-22-18(16)24-14)13-3-8-20-9-4-13/h3-4,6,8-9,11-12,17,21H,1-2,5,7,10H2,(H,22,24)(H,23,25). The second-order valence-electron chi connectivity index (χ2n) is 6.34. The molecule has 1 amide bonds. The molecular formula is C19H21N5O. The van der Waals surface area contributed by atoms with Crippen molar-refractivity contribution in [3.8, 4) is 11.1 Å². The molecule has 4 rings (SSSR count). The molecule has 1 aliphatic rings. The Kier molecular flexibility index (Phi) is 4.43. The van der Waals surface area contributed by atoms with Gasteiger partial charge >= 0.3 is 0 Å². The molecule has 1 aliphatic heterocycles. The summed E-state index contributed by atoms with van der Waals surface area (Å²) in [6, 6.07) is 8.11. The zero-order valence-electron chi connectivity index (χ0n) is 14.0. The summed E-state index contributed by atoms with van der Waals surface area (Å²) in [5.41, 5.74) is 4.19. The van der Waals surface area contributed by atoms with Gasteiger partial charge in [0, 0.05) is 42.6 Å². The first-order valence-electron chi connectivity index (χ1n) is 8.69. The maximum atomic E-state index is 12.0. The molecule has 25 heavy (non-hydrogen) atoms. The molecule has 6 heteroatoms. The number of carbonyl (C=O) groups excluding carboxylic acids is 1. The number of hydrogen-bond donors (Lipinski definition) is 3. The Morgan fingerprint density at radius 1 is 1.24 bits per heavy atom. The highest BCUT2D eigenvalue weighted by Crippen LogP contribution is 2.27. The minimum absolute atomic E-state index is 0.0253. The van der Waals surface area contributed by atoms with E-state index in [9.17, 15) is 4.79 Å². The topological polar surface area (TPSA) is 82.7 Å². The van der Waals surface area contributed by atoms with Crippen LogP contribution in [0.15, 0.2) is 42.9 Å². The lowest BCUT2D eigenvalue weighted by Gasteiger charge is -2.10. The van der Waals surface area contributed by atoms with E-state index in [1.807, 2.05) is 24.4 Å². The lowest BCUT2D eigenvalue weighted by molar-refractivity contribution is -0.122. The van der Waals surface area contributed by atoms with Gasteiger partial charge in [-0.3, -0.25) is 9.78 Å². The fraction of sp³-hybridized carbons (Fsp3) is 0.316. The highest BCUT2D eigenvalue weighted by atomic mass is 16.2. The molecule has 1 saturated heterocycles. The minimum Gasteiger partial charge on any atom is -0.354 e. The van der Waals surface area contributed by atoms with Gasteiger partial charge in [0.2, 0.25) is 5.91 Å². The number of aromatic amines is 1. The molecule has 0 bridgehead atoms. The van der Waals surface area contributed by atoms with Crippen molar-refractivity contribution in [1.29, 1.82) is 0 Å². The van der Waals surface area contributed by atoms with Crippen molar-refractivity contribution in [2.75, 3.05) is 13.1 Å². The predicted molar refractivity (Wildman–Crippen MR) is 97.1 cm³/mol. The summed E-state index contributed by atoms with van der Waals surface area (Å²) in [5.74, 6) is 0.101. The molecule has 0 radical (unpaired) electrons. The first-order chi connectivity index (χ1) is 12.3. The Morgan fingerprint density at radius 3 is 2.92 bits per heavy atom. The Morgan fingerprint density at radius 2 is 2.12 bits per heavy atom. The molecule has 0 spiro atoms. The molecule has 128 valence electrons. The fourth-order valence-corrected chi connectivity index (χ4v) is 3.35. The van der Waals surface area contributed by atoms with Crippen molar-refractivity contribution < 1.29 is 4.79 Å². The smallest absolute Gasteiger partial charge is 0.237 e. The van der Waals surface area contributed by atoms with Gasteiger partial charge in [0.15, 0.2) is 0 Å². The van der Waals surface area contributed by atoms with E-state index in [2.05, 4.69) is 31.7 Å². The molecule has 3 N–H and O–H groups in total. The van der Waals surface area contributed by atoms with Crippen LogP contribution < -0.4 is 10.6 Å². The minimum atomic E-state index is -0.0253. The summed E-state index contributed by atoms with van der Waals surface area (Å²) in [7, 11) is 0. The van der Waals surface area contributed by atoms with Crippen molar-refractivity contribution in [1.82, 2.24) is 25.6 Å². The lowest BCUT2D eigenvalue weighted by atomic mass is 10.1. The van der Waals surface area contributed by atoms with Crippen LogP contribution in [-0.2, 0) is 11.2 Å². The van der Waals surface area contributed by atoms with Crippen LogP contribution in [0.5, 0.6) is 0 Å². The number of fused-ring (bicyclic) bond motifs is 1. The van der Waals surface area contributed by atoms with Crippen LogP contribution in [0, 0.1) is 0 Å². The average Bonchev–Trinajstić information content (AvgIpc) is 3.31. The quantitative estimate of drug-likeness (QED) is 0.666. The van der Waals surface area contributed by atoms with Crippen molar-refractivity contribution in [2.24, 2.45) is 0 Å². The van der Waals surface area contributed by atoms with Gasteiger partial charge in [0.1, 0.15) is 5.65 Å². The molecule has 6 nitrogen and oxygen atoms in total. The van der Waals surface area contributed by atoms with Gasteiger partial charge in [-0.2, -0.15) is 0 Å². The second kappa shape index (κ2) is 7.03. The number of nitrogens with zero attached hydrogens (tertiary/aromatic N) is 2. The largest absolute Gasteiger partial charge is 0.354 e. The normalized spacial score (nSPS) is 17.0. The van der Waals surface area contributed by atoms with Crippen LogP contribution in [0.4, 0.5) is 0 Å². The Labute approximate surface area is 146 Å². The monoisotopic (exact) mass is 335 g/mol. The molecule has 0 aliphatic carbocycles. The van der Waals surface area contributed by atoms with Crippen LogP contribution in [0.25, 0.3) is 22.2 Å². The summed E-state index contributed by atoms with van der Waals surface area (Å²) >= 11 is 0. The van der Waals surface area contributed by atoms with Gasteiger partial charge in [-0.25, -0.2) is 4.98 Å². The van der Waals surface area contributed by atoms with E-state index in [0.717, 1.165) is 53.7 Å². The van der Waals surface area contributed by atoms with Crippen LogP contribution in [0.2, 0.25) is 0 Å². The van der Waals surface area contributed by atoms with E-state index in [4.69, 9.17) is 0 Å². The van der Waals surface area contributed by atoms with Crippen molar-refractivity contribution in [3.63, 3.8) is 0 Å². The van der Waals surface area contributed by atoms with E-state index in [1.54, 1.807) is 12.4 Å². The van der Waals surface area contributed by atoms with Gasteiger partial charge in [-0.15, -0.1) is 0 Å². The molecule has 1 fully saturated rings. The Balaban J connectivity index is 1.47. The van der Waals surface area contributed by atoms with Crippen LogP contribution in [0.3, 0.4) is 0 Å². The molecule has 0 aromatic carbocycles.